The van der Waals surface area contributed by atoms with E-state index in [1.807, 2.05) is 0 Å². The van der Waals surface area contributed by atoms with Crippen LogP contribution in [0.3, 0.4) is 0 Å². The molecule has 0 saturated carbocycles. The molecule has 1 saturated heterocycles. The molecule has 4 heteroatoms. The molecule has 0 bridgehead atoms. The minimum Gasteiger partial charge on any atom is -0.360 e. The highest BCUT2D eigenvalue weighted by atomic mass is 16.2. The standard InChI is InChI=1S/C24H31N3O/c1-19(21-12-11-20-7-5-6-8-22(20)17-21)25-24(28)18-26-13-15-27(16-14-26)23-9-3-2-4-10-23/h2-4,9-12,17,19H,5-8,13-16,18H2,1H3,(H,25,28)/p+1/t19-/m1/s1. The van der Waals surface area contributed by atoms with E-state index < -0.39 is 0 Å². The first-order valence-electron chi connectivity index (χ1n) is 10.7. The minimum absolute atomic E-state index is 0.0738. The molecule has 1 amide bonds. The van der Waals surface area contributed by atoms with E-state index in [1.54, 1.807) is 0 Å². The van der Waals surface area contributed by atoms with Crippen molar-refractivity contribution in [2.75, 3.05) is 37.6 Å². The van der Waals surface area contributed by atoms with Gasteiger partial charge in [-0.1, -0.05) is 36.4 Å². The predicted molar refractivity (Wildman–Crippen MR) is 114 cm³/mol. The molecule has 2 aliphatic rings. The maximum absolute atomic E-state index is 12.6. The van der Waals surface area contributed by atoms with Crippen molar-refractivity contribution >= 4 is 11.6 Å². The molecule has 2 N–H and O–H groups in total. The van der Waals surface area contributed by atoms with Crippen LogP contribution in [-0.2, 0) is 17.6 Å². The van der Waals surface area contributed by atoms with Gasteiger partial charge in [-0.15, -0.1) is 0 Å². The van der Waals surface area contributed by atoms with Gasteiger partial charge >= 0.3 is 0 Å². The number of carbonyl (C=O) groups is 1. The molecular formula is C24H32N3O+. The maximum Gasteiger partial charge on any atom is 0.275 e. The molecule has 0 spiro atoms. The highest BCUT2D eigenvalue weighted by Gasteiger charge is 2.23. The number of aryl methyl sites for hydroxylation is 2. The number of amides is 1. The van der Waals surface area contributed by atoms with Gasteiger partial charge in [-0.05, 0) is 61.4 Å². The van der Waals surface area contributed by atoms with Crippen molar-refractivity contribution in [1.29, 1.82) is 0 Å². The monoisotopic (exact) mass is 378 g/mol. The zero-order valence-electron chi connectivity index (χ0n) is 16.9. The predicted octanol–water partition coefficient (Wildman–Crippen LogP) is 2.15. The Morgan fingerprint density at radius 1 is 1.04 bits per heavy atom. The summed E-state index contributed by atoms with van der Waals surface area (Å²) < 4.78 is 0. The average molecular weight is 379 g/mol. The lowest BCUT2D eigenvalue weighted by Gasteiger charge is -2.33. The van der Waals surface area contributed by atoms with Crippen LogP contribution in [0.5, 0.6) is 0 Å². The third kappa shape index (κ3) is 4.56. The van der Waals surface area contributed by atoms with Crippen molar-refractivity contribution < 1.29 is 9.69 Å². The van der Waals surface area contributed by atoms with Crippen LogP contribution < -0.4 is 15.1 Å². The van der Waals surface area contributed by atoms with E-state index in [0.717, 1.165) is 26.2 Å². The molecule has 2 aromatic rings. The van der Waals surface area contributed by atoms with Crippen LogP contribution in [-0.4, -0.2) is 38.6 Å². The zero-order valence-corrected chi connectivity index (χ0v) is 16.9. The molecule has 1 aliphatic heterocycles. The first kappa shape index (κ1) is 19.0. The highest BCUT2D eigenvalue weighted by Crippen LogP contribution is 2.24. The first-order valence-corrected chi connectivity index (χ1v) is 10.7. The summed E-state index contributed by atoms with van der Waals surface area (Å²) in [6.07, 6.45) is 4.98. The van der Waals surface area contributed by atoms with Crippen LogP contribution in [0.15, 0.2) is 48.5 Å². The molecule has 1 aliphatic carbocycles. The zero-order chi connectivity index (χ0) is 19.3. The van der Waals surface area contributed by atoms with Gasteiger partial charge in [-0.2, -0.15) is 0 Å². The number of hydrogen-bond acceptors (Lipinski definition) is 2. The first-order chi connectivity index (χ1) is 13.7. The third-order valence-electron chi connectivity index (χ3n) is 6.25. The fourth-order valence-electron chi connectivity index (χ4n) is 4.52. The summed E-state index contributed by atoms with van der Waals surface area (Å²) in [6.45, 7) is 6.70. The van der Waals surface area contributed by atoms with E-state index in [-0.39, 0.29) is 11.9 Å². The number of hydrogen-bond donors (Lipinski definition) is 2. The number of rotatable bonds is 5. The number of para-hydroxylation sites is 1. The Morgan fingerprint density at radius 3 is 2.50 bits per heavy atom. The number of nitrogens with one attached hydrogen (secondary N) is 2. The van der Waals surface area contributed by atoms with Crippen molar-refractivity contribution in [2.45, 2.75) is 38.6 Å². The van der Waals surface area contributed by atoms with Gasteiger partial charge in [0, 0.05) is 5.69 Å². The number of benzene rings is 2. The van der Waals surface area contributed by atoms with Gasteiger partial charge < -0.3 is 15.1 Å². The molecule has 28 heavy (non-hydrogen) atoms. The fourth-order valence-corrected chi connectivity index (χ4v) is 4.52. The topological polar surface area (TPSA) is 36.8 Å². The Bertz CT molecular complexity index is 797. The molecule has 148 valence electrons. The number of anilines is 1. The molecular weight excluding hydrogens is 346 g/mol. The van der Waals surface area contributed by atoms with Gasteiger partial charge in [0.05, 0.1) is 32.2 Å². The summed E-state index contributed by atoms with van der Waals surface area (Å²) in [5.74, 6) is 0.161. The Hall–Kier alpha value is -2.33. The second kappa shape index (κ2) is 8.78. The normalized spacial score (nSPS) is 18.4. The Balaban J connectivity index is 1.27. The SMILES string of the molecule is C[C@@H](NC(=O)C[NH+]1CCN(c2ccccc2)CC1)c1ccc2c(c1)CCCC2. The van der Waals surface area contributed by atoms with Crippen LogP contribution in [0.25, 0.3) is 0 Å². The number of quaternary nitrogens is 1. The van der Waals surface area contributed by atoms with Crippen LogP contribution in [0.4, 0.5) is 5.69 Å². The van der Waals surface area contributed by atoms with Crippen molar-refractivity contribution in [3.63, 3.8) is 0 Å². The van der Waals surface area contributed by atoms with Gasteiger partial charge in [0.2, 0.25) is 0 Å². The van der Waals surface area contributed by atoms with E-state index in [2.05, 4.69) is 65.7 Å². The largest absolute Gasteiger partial charge is 0.360 e. The Morgan fingerprint density at radius 2 is 1.75 bits per heavy atom. The summed E-state index contributed by atoms with van der Waals surface area (Å²) in [5, 5.41) is 3.22. The number of piperazine rings is 1. The van der Waals surface area contributed by atoms with E-state index in [0.29, 0.717) is 6.54 Å². The average Bonchev–Trinajstić information content (AvgIpc) is 2.74. The highest BCUT2D eigenvalue weighted by molar-refractivity contribution is 5.77. The molecule has 0 aromatic heterocycles. The lowest BCUT2D eigenvalue weighted by atomic mass is 9.89. The van der Waals surface area contributed by atoms with Crippen molar-refractivity contribution in [1.82, 2.24) is 5.32 Å². The number of fused-ring (bicyclic) bond motifs is 1. The molecule has 1 heterocycles. The lowest BCUT2D eigenvalue weighted by molar-refractivity contribution is -0.892. The molecule has 4 nitrogen and oxygen atoms in total. The summed E-state index contributed by atoms with van der Waals surface area (Å²) >= 11 is 0. The Kier molecular flexibility index (Phi) is 5.96. The van der Waals surface area contributed by atoms with Gasteiger partial charge in [-0.25, -0.2) is 0 Å². The molecule has 1 atom stereocenters. The van der Waals surface area contributed by atoms with Crippen LogP contribution in [0.1, 0.15) is 42.5 Å². The van der Waals surface area contributed by atoms with Crippen molar-refractivity contribution in [3.05, 3.63) is 65.2 Å². The van der Waals surface area contributed by atoms with E-state index >= 15 is 0 Å². The Labute approximate surface area is 168 Å². The van der Waals surface area contributed by atoms with Crippen LogP contribution in [0, 0.1) is 0 Å². The van der Waals surface area contributed by atoms with Gasteiger partial charge in [0.1, 0.15) is 0 Å². The van der Waals surface area contributed by atoms with E-state index in [9.17, 15) is 4.79 Å². The summed E-state index contributed by atoms with van der Waals surface area (Å²) in [4.78, 5) is 16.4. The lowest BCUT2D eigenvalue weighted by Crippen LogP contribution is -3.15. The smallest absolute Gasteiger partial charge is 0.275 e. The van der Waals surface area contributed by atoms with Crippen molar-refractivity contribution in [2.24, 2.45) is 0 Å². The second-order valence-electron chi connectivity index (χ2n) is 8.27. The van der Waals surface area contributed by atoms with Crippen LogP contribution in [0.2, 0.25) is 0 Å². The summed E-state index contributed by atoms with van der Waals surface area (Å²) in [6, 6.07) is 17.4. The fraction of sp³-hybridized carbons (Fsp3) is 0.458. The van der Waals surface area contributed by atoms with Gasteiger partial charge in [0.15, 0.2) is 6.54 Å². The summed E-state index contributed by atoms with van der Waals surface area (Å²) in [7, 11) is 0. The molecule has 2 aromatic carbocycles. The van der Waals surface area contributed by atoms with Gasteiger partial charge in [0.25, 0.3) is 5.91 Å². The quantitative estimate of drug-likeness (QED) is 0.837. The van der Waals surface area contributed by atoms with Gasteiger partial charge in [-0.3, -0.25) is 4.79 Å². The van der Waals surface area contributed by atoms with E-state index in [1.165, 1.54) is 53.0 Å². The third-order valence-corrected chi connectivity index (χ3v) is 6.25. The molecule has 0 radical (unpaired) electrons. The molecule has 0 unspecified atom stereocenters. The minimum atomic E-state index is 0.0738. The number of nitrogens with zero attached hydrogens (tertiary/aromatic N) is 1. The summed E-state index contributed by atoms with van der Waals surface area (Å²) in [5.41, 5.74) is 5.49. The maximum atomic E-state index is 12.6. The second-order valence-corrected chi connectivity index (χ2v) is 8.27. The van der Waals surface area contributed by atoms with Crippen molar-refractivity contribution in [3.8, 4) is 0 Å². The van der Waals surface area contributed by atoms with E-state index in [4.69, 9.17) is 0 Å². The number of carbonyl (C=O) groups excluding carboxylic acids is 1. The van der Waals surface area contributed by atoms with Crippen LogP contribution >= 0.6 is 0 Å². The molecule has 1 fully saturated rings. The molecule has 4 rings (SSSR count).